The smallest absolute Gasteiger partial charge is 0.240 e. The van der Waals surface area contributed by atoms with Crippen LogP contribution in [0, 0.1) is 0 Å². The average Bonchev–Trinajstić information content (AvgIpc) is 2.60. The Balaban J connectivity index is 0.00000338. The molecule has 144 valence electrons. The van der Waals surface area contributed by atoms with E-state index in [1.807, 2.05) is 24.3 Å². The van der Waals surface area contributed by atoms with Crippen LogP contribution in [-0.2, 0) is 14.4 Å². The topological polar surface area (TPSA) is 114 Å². The molecule has 3 amide bonds. The summed E-state index contributed by atoms with van der Waals surface area (Å²) in [5.74, 6) is -0.678. The first-order valence-corrected chi connectivity index (χ1v) is 8.13. The molecule has 8 nitrogen and oxygen atoms in total. The summed E-state index contributed by atoms with van der Waals surface area (Å²) < 4.78 is 5.40. The second-order valence-corrected chi connectivity index (χ2v) is 5.91. The summed E-state index contributed by atoms with van der Waals surface area (Å²) in [5.41, 5.74) is 6.19. The molecule has 1 aromatic carbocycles. The molecule has 0 spiro atoms. The van der Waals surface area contributed by atoms with Crippen molar-refractivity contribution >= 4 is 30.1 Å². The van der Waals surface area contributed by atoms with Gasteiger partial charge in [0.05, 0.1) is 19.6 Å². The van der Waals surface area contributed by atoms with Crippen molar-refractivity contribution in [3.8, 4) is 5.75 Å². The molecule has 2 atom stereocenters. The number of amides is 3. The lowest BCUT2D eigenvalue weighted by molar-refractivity contribution is -0.137. The van der Waals surface area contributed by atoms with Crippen LogP contribution in [0.15, 0.2) is 24.3 Å². The predicted molar refractivity (Wildman–Crippen MR) is 99.0 cm³/mol. The van der Waals surface area contributed by atoms with Gasteiger partial charge in [0, 0.05) is 32.1 Å². The lowest BCUT2D eigenvalue weighted by Gasteiger charge is -2.37. The highest BCUT2D eigenvalue weighted by Gasteiger charge is 2.32. The Labute approximate surface area is 158 Å². The van der Waals surface area contributed by atoms with Crippen molar-refractivity contribution in [1.82, 2.24) is 15.5 Å². The Morgan fingerprint density at radius 2 is 2.08 bits per heavy atom. The second-order valence-electron chi connectivity index (χ2n) is 5.91. The van der Waals surface area contributed by atoms with Gasteiger partial charge in [-0.3, -0.25) is 14.4 Å². The summed E-state index contributed by atoms with van der Waals surface area (Å²) in [7, 11) is 1.58. The number of para-hydroxylation sites is 1. The van der Waals surface area contributed by atoms with Crippen LogP contribution < -0.4 is 21.1 Å². The number of carbonyl (C=O) groups is 3. The van der Waals surface area contributed by atoms with Crippen LogP contribution in [0.4, 0.5) is 0 Å². The van der Waals surface area contributed by atoms with Gasteiger partial charge in [0.1, 0.15) is 11.8 Å². The van der Waals surface area contributed by atoms with E-state index >= 15 is 0 Å². The van der Waals surface area contributed by atoms with Crippen molar-refractivity contribution in [1.29, 1.82) is 0 Å². The molecule has 0 aliphatic carbocycles. The Morgan fingerprint density at radius 3 is 2.69 bits per heavy atom. The Bertz CT molecular complexity index is 655. The van der Waals surface area contributed by atoms with Crippen molar-refractivity contribution in [2.45, 2.75) is 25.4 Å². The maximum atomic E-state index is 12.8. The van der Waals surface area contributed by atoms with Crippen molar-refractivity contribution in [3.63, 3.8) is 0 Å². The fourth-order valence-electron chi connectivity index (χ4n) is 2.98. The van der Waals surface area contributed by atoms with Crippen molar-refractivity contribution in [2.75, 3.05) is 26.7 Å². The molecule has 4 N–H and O–H groups in total. The van der Waals surface area contributed by atoms with Gasteiger partial charge in [-0.2, -0.15) is 0 Å². The zero-order chi connectivity index (χ0) is 18.4. The number of piperazine rings is 1. The molecular formula is C17H25ClN4O4. The summed E-state index contributed by atoms with van der Waals surface area (Å²) in [5, 5.41) is 5.69. The van der Waals surface area contributed by atoms with Gasteiger partial charge in [-0.15, -0.1) is 12.4 Å². The number of benzene rings is 1. The maximum Gasteiger partial charge on any atom is 0.240 e. The number of halogens is 1. The molecule has 0 aromatic heterocycles. The Hall–Kier alpha value is -2.32. The predicted octanol–water partition coefficient (Wildman–Crippen LogP) is -0.0300. The van der Waals surface area contributed by atoms with E-state index in [0.717, 1.165) is 5.56 Å². The number of ether oxygens (including phenoxy) is 1. The van der Waals surface area contributed by atoms with E-state index in [-0.39, 0.29) is 30.8 Å². The molecule has 1 unspecified atom stereocenters. The van der Waals surface area contributed by atoms with Crippen molar-refractivity contribution < 1.29 is 19.1 Å². The zero-order valence-corrected chi connectivity index (χ0v) is 15.7. The highest BCUT2D eigenvalue weighted by Crippen LogP contribution is 2.30. The van der Waals surface area contributed by atoms with Gasteiger partial charge in [-0.25, -0.2) is 0 Å². The highest BCUT2D eigenvalue weighted by atomic mass is 35.5. The first-order chi connectivity index (χ1) is 11.9. The first kappa shape index (κ1) is 21.7. The number of nitrogens with zero attached hydrogens (tertiary/aromatic N) is 1. The van der Waals surface area contributed by atoms with Crippen LogP contribution in [-0.4, -0.2) is 55.4 Å². The molecule has 1 fully saturated rings. The van der Waals surface area contributed by atoms with E-state index in [1.54, 1.807) is 12.0 Å². The number of methoxy groups -OCH3 is 1. The fraction of sp³-hybridized carbons (Fsp3) is 0.471. The average molecular weight is 385 g/mol. The SMILES string of the molecule is COc1ccccc1C1CNCCN1C(=O)C[C@H](NC(C)=O)C(N)=O.Cl. The van der Waals surface area contributed by atoms with E-state index in [0.29, 0.717) is 25.4 Å². The minimum Gasteiger partial charge on any atom is -0.496 e. The molecular weight excluding hydrogens is 360 g/mol. The third kappa shape index (κ3) is 5.34. The Kier molecular flexibility index (Phi) is 8.34. The van der Waals surface area contributed by atoms with Crippen LogP contribution in [0.3, 0.4) is 0 Å². The lowest BCUT2D eigenvalue weighted by atomic mass is 10.0. The number of nitrogens with one attached hydrogen (secondary N) is 2. The van der Waals surface area contributed by atoms with Gasteiger partial charge in [0.15, 0.2) is 0 Å². The molecule has 9 heteroatoms. The van der Waals surface area contributed by atoms with E-state index in [9.17, 15) is 14.4 Å². The largest absolute Gasteiger partial charge is 0.496 e. The van der Waals surface area contributed by atoms with Gasteiger partial charge in [0.2, 0.25) is 17.7 Å². The highest BCUT2D eigenvalue weighted by molar-refractivity contribution is 5.90. The van der Waals surface area contributed by atoms with Crippen LogP contribution in [0.2, 0.25) is 0 Å². The van der Waals surface area contributed by atoms with E-state index in [2.05, 4.69) is 10.6 Å². The minimum absolute atomic E-state index is 0. The number of primary amides is 1. The summed E-state index contributed by atoms with van der Waals surface area (Å²) in [6.07, 6.45) is -0.166. The van der Waals surface area contributed by atoms with Gasteiger partial charge >= 0.3 is 0 Å². The van der Waals surface area contributed by atoms with Crippen LogP contribution >= 0.6 is 12.4 Å². The van der Waals surface area contributed by atoms with Crippen molar-refractivity contribution in [2.24, 2.45) is 5.73 Å². The van der Waals surface area contributed by atoms with Gasteiger partial charge in [0.25, 0.3) is 0 Å². The zero-order valence-electron chi connectivity index (χ0n) is 14.9. The molecule has 1 heterocycles. The molecule has 1 aliphatic heterocycles. The van der Waals surface area contributed by atoms with E-state index in [1.165, 1.54) is 6.92 Å². The fourth-order valence-corrected chi connectivity index (χ4v) is 2.98. The molecule has 0 radical (unpaired) electrons. The second kappa shape index (κ2) is 9.98. The minimum atomic E-state index is -1.02. The molecule has 0 saturated carbocycles. The molecule has 1 aromatic rings. The van der Waals surface area contributed by atoms with Crippen LogP contribution in [0.5, 0.6) is 5.75 Å². The standard InChI is InChI=1S/C17H24N4O4.ClH/c1-11(22)20-13(17(18)24)9-16(23)21-8-7-19-10-14(21)12-5-3-4-6-15(12)25-2;/h3-6,13-14,19H,7-10H2,1-2H3,(H2,18,24)(H,20,22);1H/t13-,14?;/m0./s1. The molecule has 2 rings (SSSR count). The van der Waals surface area contributed by atoms with Crippen LogP contribution in [0.1, 0.15) is 24.9 Å². The summed E-state index contributed by atoms with van der Waals surface area (Å²) in [4.78, 5) is 37.2. The summed E-state index contributed by atoms with van der Waals surface area (Å²) >= 11 is 0. The number of hydrogen-bond acceptors (Lipinski definition) is 5. The lowest BCUT2D eigenvalue weighted by Crippen LogP contribution is -2.52. The first-order valence-electron chi connectivity index (χ1n) is 8.13. The number of rotatable bonds is 6. The maximum absolute atomic E-state index is 12.8. The summed E-state index contributed by atoms with van der Waals surface area (Å²) in [6.45, 7) is 3.00. The quantitative estimate of drug-likeness (QED) is 0.637. The molecule has 1 aliphatic rings. The van der Waals surface area contributed by atoms with Gasteiger partial charge in [-0.1, -0.05) is 18.2 Å². The monoisotopic (exact) mass is 384 g/mol. The van der Waals surface area contributed by atoms with Crippen LogP contribution in [0.25, 0.3) is 0 Å². The number of nitrogens with two attached hydrogens (primary N) is 1. The Morgan fingerprint density at radius 1 is 1.38 bits per heavy atom. The molecule has 26 heavy (non-hydrogen) atoms. The molecule has 1 saturated heterocycles. The van der Waals surface area contributed by atoms with E-state index in [4.69, 9.17) is 10.5 Å². The molecule has 0 bridgehead atoms. The van der Waals surface area contributed by atoms with E-state index < -0.39 is 17.9 Å². The number of hydrogen-bond donors (Lipinski definition) is 3. The third-order valence-electron chi connectivity index (χ3n) is 4.16. The van der Waals surface area contributed by atoms with Gasteiger partial charge in [-0.05, 0) is 6.07 Å². The number of carbonyl (C=O) groups excluding carboxylic acids is 3. The van der Waals surface area contributed by atoms with Gasteiger partial charge < -0.3 is 26.0 Å². The normalized spacial score (nSPS) is 17.6. The van der Waals surface area contributed by atoms with Crippen molar-refractivity contribution in [3.05, 3.63) is 29.8 Å². The summed E-state index contributed by atoms with van der Waals surface area (Å²) in [6, 6.07) is 6.27. The third-order valence-corrected chi connectivity index (χ3v) is 4.16.